The maximum Gasteiger partial charge on any atom is 0.0470 e. The molecule has 0 saturated heterocycles. The number of nitrogens with one attached hydrogen (secondary N) is 1. The van der Waals surface area contributed by atoms with E-state index in [2.05, 4.69) is 53.3 Å². The molecular weight excluding hydrogens is 322 g/mol. The van der Waals surface area contributed by atoms with Crippen LogP contribution in [0.5, 0.6) is 0 Å². The van der Waals surface area contributed by atoms with Crippen molar-refractivity contribution in [2.45, 2.75) is 37.6 Å². The minimum atomic E-state index is 0.391. The van der Waals surface area contributed by atoms with Crippen molar-refractivity contribution in [3.63, 3.8) is 0 Å². The fraction of sp³-hybridized carbons (Fsp3) is 0.600. The van der Waals surface area contributed by atoms with Gasteiger partial charge in [-0.15, -0.1) is 11.8 Å². The van der Waals surface area contributed by atoms with Gasteiger partial charge in [0.25, 0.3) is 0 Å². The Hall–Kier alpha value is -0.0300. The number of hydrogen-bond acceptors (Lipinski definition) is 3. The highest BCUT2D eigenvalue weighted by atomic mass is 79.9. The Morgan fingerprint density at radius 3 is 2.84 bits per heavy atom. The first-order chi connectivity index (χ1) is 9.19. The van der Waals surface area contributed by atoms with Gasteiger partial charge in [0.2, 0.25) is 0 Å². The highest BCUT2D eigenvalue weighted by molar-refractivity contribution is 9.10. The monoisotopic (exact) mass is 345 g/mol. The largest absolute Gasteiger partial charge is 0.385 e. The summed E-state index contributed by atoms with van der Waals surface area (Å²) < 4.78 is 6.26. The van der Waals surface area contributed by atoms with E-state index in [-0.39, 0.29) is 0 Å². The second-order valence-corrected chi connectivity index (χ2v) is 6.58. The minimum Gasteiger partial charge on any atom is -0.385 e. The number of rotatable bonds is 9. The van der Waals surface area contributed by atoms with E-state index in [0.29, 0.717) is 6.04 Å². The molecule has 0 aromatic heterocycles. The molecule has 1 aromatic rings. The molecule has 1 atom stereocenters. The van der Waals surface area contributed by atoms with Gasteiger partial charge >= 0.3 is 0 Å². The lowest BCUT2D eigenvalue weighted by Gasteiger charge is -2.16. The van der Waals surface area contributed by atoms with E-state index in [1.54, 1.807) is 7.11 Å². The zero-order chi connectivity index (χ0) is 14.1. The van der Waals surface area contributed by atoms with Gasteiger partial charge < -0.3 is 10.1 Å². The molecule has 0 saturated carbocycles. The van der Waals surface area contributed by atoms with Crippen molar-refractivity contribution in [3.05, 3.63) is 28.2 Å². The second kappa shape index (κ2) is 9.81. The predicted molar refractivity (Wildman–Crippen MR) is 88.1 cm³/mol. The average molecular weight is 346 g/mol. The van der Waals surface area contributed by atoms with E-state index >= 15 is 0 Å². The Labute approximate surface area is 129 Å². The van der Waals surface area contributed by atoms with E-state index in [0.717, 1.165) is 31.7 Å². The van der Waals surface area contributed by atoms with Gasteiger partial charge in [0.15, 0.2) is 0 Å². The molecule has 0 aliphatic rings. The molecule has 1 N–H and O–H groups in total. The average Bonchev–Trinajstić information content (AvgIpc) is 2.41. The summed E-state index contributed by atoms with van der Waals surface area (Å²) in [6.07, 6.45) is 2.25. The van der Waals surface area contributed by atoms with Crippen LogP contribution in [0.2, 0.25) is 0 Å². The molecule has 0 amide bonds. The smallest absolute Gasteiger partial charge is 0.0470 e. The van der Waals surface area contributed by atoms with Crippen LogP contribution in [0.3, 0.4) is 0 Å². The number of methoxy groups -OCH3 is 1. The summed E-state index contributed by atoms with van der Waals surface area (Å²) in [4.78, 5) is 1.31. The molecule has 0 spiro atoms. The summed E-state index contributed by atoms with van der Waals surface area (Å²) in [5, 5.41) is 3.52. The van der Waals surface area contributed by atoms with Gasteiger partial charge in [-0.25, -0.2) is 0 Å². The van der Waals surface area contributed by atoms with Crippen molar-refractivity contribution in [1.29, 1.82) is 0 Å². The molecule has 1 unspecified atom stereocenters. The van der Waals surface area contributed by atoms with Crippen LogP contribution in [0.25, 0.3) is 0 Å². The molecular formula is C15H24BrNOS. The van der Waals surface area contributed by atoms with Crippen molar-refractivity contribution in [3.8, 4) is 0 Å². The van der Waals surface area contributed by atoms with Crippen molar-refractivity contribution >= 4 is 27.7 Å². The van der Waals surface area contributed by atoms with Crippen LogP contribution in [0.1, 0.15) is 38.3 Å². The zero-order valence-electron chi connectivity index (χ0n) is 12.0. The van der Waals surface area contributed by atoms with Gasteiger partial charge in [-0.3, -0.25) is 0 Å². The number of thioether (sulfide) groups is 1. The van der Waals surface area contributed by atoms with Crippen LogP contribution in [0.15, 0.2) is 27.6 Å². The Kier molecular flexibility index (Phi) is 8.79. The molecule has 0 radical (unpaired) electrons. The van der Waals surface area contributed by atoms with E-state index in [1.165, 1.54) is 14.9 Å². The summed E-state index contributed by atoms with van der Waals surface area (Å²) in [6, 6.07) is 7.04. The Morgan fingerprint density at radius 2 is 2.21 bits per heavy atom. The maximum atomic E-state index is 5.06. The molecule has 2 nitrogen and oxygen atoms in total. The van der Waals surface area contributed by atoms with Gasteiger partial charge in [-0.1, -0.05) is 28.9 Å². The maximum absolute atomic E-state index is 5.06. The number of halogens is 1. The standard InChI is InChI=1S/C15H24BrNOS/c1-4-8-17-12(2)14-7-6-13(11-15(14)16)19-10-5-9-18-3/h6-7,11-12,17H,4-5,8-10H2,1-3H3. The lowest BCUT2D eigenvalue weighted by Crippen LogP contribution is -2.19. The third-order valence-electron chi connectivity index (χ3n) is 2.90. The first-order valence-corrected chi connectivity index (χ1v) is 8.61. The first-order valence-electron chi connectivity index (χ1n) is 6.83. The lowest BCUT2D eigenvalue weighted by molar-refractivity contribution is 0.200. The van der Waals surface area contributed by atoms with Gasteiger partial charge in [-0.2, -0.15) is 0 Å². The third kappa shape index (κ3) is 6.30. The second-order valence-electron chi connectivity index (χ2n) is 4.55. The summed E-state index contributed by atoms with van der Waals surface area (Å²) in [6.45, 7) is 6.29. The van der Waals surface area contributed by atoms with Crippen molar-refractivity contribution in [1.82, 2.24) is 5.32 Å². The van der Waals surface area contributed by atoms with Gasteiger partial charge in [0.05, 0.1) is 0 Å². The molecule has 0 aliphatic heterocycles. The zero-order valence-corrected chi connectivity index (χ0v) is 14.4. The van der Waals surface area contributed by atoms with Crippen LogP contribution in [-0.2, 0) is 4.74 Å². The van der Waals surface area contributed by atoms with E-state index in [4.69, 9.17) is 4.74 Å². The number of hydrogen-bond donors (Lipinski definition) is 1. The summed E-state index contributed by atoms with van der Waals surface area (Å²) in [5.74, 6) is 1.10. The highest BCUT2D eigenvalue weighted by Gasteiger charge is 2.09. The third-order valence-corrected chi connectivity index (χ3v) is 4.67. The molecule has 1 rings (SSSR count). The van der Waals surface area contributed by atoms with E-state index in [9.17, 15) is 0 Å². The normalized spacial score (nSPS) is 12.6. The van der Waals surface area contributed by atoms with Gasteiger partial charge in [-0.05, 0) is 44.0 Å². The summed E-state index contributed by atoms with van der Waals surface area (Å²) in [7, 11) is 1.75. The quantitative estimate of drug-likeness (QED) is 0.520. The Bertz CT molecular complexity index is 373. The van der Waals surface area contributed by atoms with Crippen LogP contribution in [0, 0.1) is 0 Å². The van der Waals surface area contributed by atoms with Crippen LogP contribution in [-0.4, -0.2) is 26.0 Å². The van der Waals surface area contributed by atoms with Crippen LogP contribution in [0.4, 0.5) is 0 Å². The van der Waals surface area contributed by atoms with Crippen molar-refractivity contribution in [2.24, 2.45) is 0 Å². The molecule has 108 valence electrons. The fourth-order valence-electron chi connectivity index (χ4n) is 1.81. The van der Waals surface area contributed by atoms with E-state index in [1.807, 2.05) is 11.8 Å². The van der Waals surface area contributed by atoms with Crippen LogP contribution >= 0.6 is 27.7 Å². The molecule has 1 aromatic carbocycles. The molecule has 0 bridgehead atoms. The number of ether oxygens (including phenoxy) is 1. The molecule has 19 heavy (non-hydrogen) atoms. The first kappa shape index (κ1) is 17.0. The SMILES string of the molecule is CCCNC(C)c1ccc(SCCCOC)cc1Br. The van der Waals surface area contributed by atoms with Crippen molar-refractivity contribution < 1.29 is 4.74 Å². The molecule has 0 aliphatic carbocycles. The number of benzene rings is 1. The fourth-order valence-corrected chi connectivity index (χ4v) is 3.55. The molecule has 0 heterocycles. The van der Waals surface area contributed by atoms with Gasteiger partial charge in [0.1, 0.15) is 0 Å². The van der Waals surface area contributed by atoms with E-state index < -0.39 is 0 Å². The Morgan fingerprint density at radius 1 is 1.42 bits per heavy atom. The molecule has 4 heteroatoms. The predicted octanol–water partition coefficient (Wildman–Crippen LogP) is 4.64. The van der Waals surface area contributed by atoms with Crippen molar-refractivity contribution in [2.75, 3.05) is 26.0 Å². The van der Waals surface area contributed by atoms with Gasteiger partial charge in [0, 0.05) is 34.9 Å². The molecule has 0 fully saturated rings. The van der Waals surface area contributed by atoms with Crippen LogP contribution < -0.4 is 5.32 Å². The minimum absolute atomic E-state index is 0.391. The highest BCUT2D eigenvalue weighted by Crippen LogP contribution is 2.29. The Balaban J connectivity index is 2.53. The topological polar surface area (TPSA) is 21.3 Å². The summed E-state index contributed by atoms with van der Waals surface area (Å²) in [5.41, 5.74) is 1.33. The summed E-state index contributed by atoms with van der Waals surface area (Å²) >= 11 is 5.57. The lowest BCUT2D eigenvalue weighted by atomic mass is 10.1.